The Balaban J connectivity index is 2.83. The van der Waals surface area contributed by atoms with Gasteiger partial charge in [0.05, 0.1) is 0 Å². The summed E-state index contributed by atoms with van der Waals surface area (Å²) in [6.45, 7) is 4.15. The van der Waals surface area contributed by atoms with Crippen LogP contribution in [0.1, 0.15) is 13.8 Å². The van der Waals surface area contributed by atoms with Crippen molar-refractivity contribution in [1.29, 1.82) is 0 Å². The van der Waals surface area contributed by atoms with Gasteiger partial charge in [0.25, 0.3) is 0 Å². The van der Waals surface area contributed by atoms with E-state index in [0.717, 1.165) is 0 Å². The van der Waals surface area contributed by atoms with E-state index in [2.05, 4.69) is 17.3 Å². The molecule has 0 saturated carbocycles. The van der Waals surface area contributed by atoms with E-state index in [0.29, 0.717) is 6.04 Å². The molecule has 0 fully saturated rings. The Morgan fingerprint density at radius 2 is 1.80 bits per heavy atom. The summed E-state index contributed by atoms with van der Waals surface area (Å²) in [7, 11) is 0. The van der Waals surface area contributed by atoms with Gasteiger partial charge >= 0.3 is 43.0 Å². The van der Waals surface area contributed by atoms with Gasteiger partial charge in [0.2, 0.25) is 0 Å². The maximum absolute atomic E-state index is 3.97. The van der Waals surface area contributed by atoms with Crippen LogP contribution in [0.5, 0.6) is 0 Å². The maximum atomic E-state index is 3.97. The molecular weight excluding hydrogens is 234 g/mol. The second-order valence-electron chi connectivity index (χ2n) is 1.20. The zero-order valence-corrected chi connectivity index (χ0v) is 6.37. The molecule has 1 nitrogen and oxygen atoms in total. The van der Waals surface area contributed by atoms with E-state index in [1.165, 1.54) is 19.6 Å². The summed E-state index contributed by atoms with van der Waals surface area (Å²) in [5.41, 5.74) is 0. The quantitative estimate of drug-likeness (QED) is 0.652. The van der Waals surface area contributed by atoms with E-state index in [-0.39, 0.29) is 0 Å². The molecule has 0 heterocycles. The van der Waals surface area contributed by atoms with Crippen molar-refractivity contribution in [2.45, 2.75) is 19.9 Å². The zero-order valence-electron chi connectivity index (χ0n) is 3.43. The summed E-state index contributed by atoms with van der Waals surface area (Å²) in [6, 6.07) is 0.546. The Morgan fingerprint density at radius 3 is 1.80 bits per heavy atom. The Bertz CT molecular complexity index is 33.9. The van der Waals surface area contributed by atoms with Crippen LogP contribution in [-0.4, -0.2) is 6.04 Å². The molecule has 0 aliphatic carbocycles. The van der Waals surface area contributed by atoms with Gasteiger partial charge in [-0.1, -0.05) is 0 Å². The van der Waals surface area contributed by atoms with Crippen molar-refractivity contribution in [3.8, 4) is 0 Å². The molecule has 0 aliphatic heterocycles. The van der Waals surface area contributed by atoms with Crippen LogP contribution in [0, 0.1) is 0 Å². The van der Waals surface area contributed by atoms with Crippen molar-refractivity contribution < 1.29 is 19.6 Å². The molecule has 0 aromatic heterocycles. The van der Waals surface area contributed by atoms with Crippen molar-refractivity contribution in [2.75, 3.05) is 0 Å². The van der Waals surface area contributed by atoms with Crippen LogP contribution >= 0.6 is 0 Å². The van der Waals surface area contributed by atoms with E-state index >= 15 is 0 Å². The number of hydrogen-bond acceptors (Lipinski definition) is 1. The third-order valence-corrected chi connectivity index (χ3v) is 1.73. The van der Waals surface area contributed by atoms with E-state index in [1.54, 1.807) is 0 Å². The first kappa shape index (κ1) is 5.49. The van der Waals surface area contributed by atoms with Gasteiger partial charge in [-0.2, -0.15) is 0 Å². The van der Waals surface area contributed by atoms with Gasteiger partial charge in [-0.25, -0.2) is 0 Å². The molecule has 0 radical (unpaired) electrons. The molecule has 0 aromatic carbocycles. The molecule has 0 rings (SSSR count). The molecule has 5 heavy (non-hydrogen) atoms. The van der Waals surface area contributed by atoms with Crippen molar-refractivity contribution >= 4 is 0 Å². The van der Waals surface area contributed by atoms with Crippen LogP contribution in [-0.2, 0) is 19.6 Å². The summed E-state index contributed by atoms with van der Waals surface area (Å²) < 4.78 is 3.97. The Labute approximate surface area is 43.5 Å². The molecular formula is C3H7NW. The number of nitrogens with zero attached hydrogens (tertiary/aromatic N) is 1. The van der Waals surface area contributed by atoms with Crippen LogP contribution in [0.15, 0.2) is 3.50 Å². The summed E-state index contributed by atoms with van der Waals surface area (Å²) in [4.78, 5) is 0. The molecule has 0 amide bonds. The average Bonchev–Trinajstić information content (AvgIpc) is 1.38. The average molecular weight is 241 g/mol. The van der Waals surface area contributed by atoms with Crippen LogP contribution < -0.4 is 0 Å². The van der Waals surface area contributed by atoms with Gasteiger partial charge in [-0.3, -0.25) is 0 Å². The van der Waals surface area contributed by atoms with Crippen molar-refractivity contribution in [2.24, 2.45) is 3.50 Å². The third kappa shape index (κ3) is 4.49. The van der Waals surface area contributed by atoms with Crippen molar-refractivity contribution in [3.05, 3.63) is 0 Å². The number of hydrogen-bond donors (Lipinski definition) is 0. The molecule has 0 bridgehead atoms. The molecule has 2 heteroatoms. The second kappa shape index (κ2) is 2.71. The fraction of sp³-hybridized carbons (Fsp3) is 1.00. The van der Waals surface area contributed by atoms with Gasteiger partial charge in [0.1, 0.15) is 0 Å². The molecule has 0 aliphatic rings. The SMILES string of the molecule is CC(C)[N]=[W]. The zero-order chi connectivity index (χ0) is 4.28. The first-order chi connectivity index (χ1) is 2.27. The van der Waals surface area contributed by atoms with E-state index in [1.807, 2.05) is 0 Å². The van der Waals surface area contributed by atoms with Crippen molar-refractivity contribution in [3.63, 3.8) is 0 Å². The molecule has 0 saturated heterocycles. The summed E-state index contributed by atoms with van der Waals surface area (Å²) in [6.07, 6.45) is 0. The molecule has 0 spiro atoms. The van der Waals surface area contributed by atoms with Gasteiger partial charge in [0.15, 0.2) is 0 Å². The normalized spacial score (nSPS) is 8.60. The standard InChI is InChI=1S/C3H7N.W/c1-3(2)4;/h3H,1-2H3;. The van der Waals surface area contributed by atoms with E-state index in [4.69, 9.17) is 0 Å². The first-order valence-corrected chi connectivity index (χ1v) is 2.91. The molecule has 0 N–H and O–H groups in total. The molecule has 0 atom stereocenters. The van der Waals surface area contributed by atoms with Crippen LogP contribution in [0.2, 0.25) is 0 Å². The Hall–Kier alpha value is 0.488. The predicted molar refractivity (Wildman–Crippen MR) is 17.6 cm³/mol. The van der Waals surface area contributed by atoms with Gasteiger partial charge < -0.3 is 0 Å². The van der Waals surface area contributed by atoms with E-state index < -0.39 is 0 Å². The Kier molecular flexibility index (Phi) is 2.98. The fourth-order valence-electron chi connectivity index (χ4n) is 0. The minimum absolute atomic E-state index is 0.546. The minimum atomic E-state index is 0.546. The predicted octanol–water partition coefficient (Wildman–Crippen LogP) is 1.13. The van der Waals surface area contributed by atoms with Gasteiger partial charge in [-0.05, 0) is 0 Å². The van der Waals surface area contributed by atoms with Crippen LogP contribution in [0.4, 0.5) is 0 Å². The monoisotopic (exact) mass is 241 g/mol. The van der Waals surface area contributed by atoms with Gasteiger partial charge in [-0.15, -0.1) is 0 Å². The second-order valence-corrected chi connectivity index (χ2v) is 1.96. The van der Waals surface area contributed by atoms with Crippen LogP contribution in [0.3, 0.4) is 0 Å². The Morgan fingerprint density at radius 1 is 1.60 bits per heavy atom. The molecule has 0 unspecified atom stereocenters. The molecule has 30 valence electrons. The summed E-state index contributed by atoms with van der Waals surface area (Å²) in [5, 5.41) is 0. The van der Waals surface area contributed by atoms with E-state index in [9.17, 15) is 0 Å². The van der Waals surface area contributed by atoms with Crippen molar-refractivity contribution in [1.82, 2.24) is 0 Å². The fourth-order valence-corrected chi connectivity index (χ4v) is 0. The van der Waals surface area contributed by atoms with Crippen LogP contribution in [0.25, 0.3) is 0 Å². The summed E-state index contributed by atoms with van der Waals surface area (Å²) >= 11 is 1.33. The topological polar surface area (TPSA) is 12.4 Å². The number of rotatable bonds is 1. The first-order valence-electron chi connectivity index (χ1n) is 1.60. The summed E-state index contributed by atoms with van der Waals surface area (Å²) in [5.74, 6) is 0. The van der Waals surface area contributed by atoms with Gasteiger partial charge in [0, 0.05) is 0 Å². The molecule has 0 aromatic rings. The third-order valence-electron chi connectivity index (χ3n) is 0.211.